The van der Waals surface area contributed by atoms with Crippen LogP contribution in [0.25, 0.3) is 0 Å². The Hall–Kier alpha value is -0.700. The van der Waals surface area contributed by atoms with Crippen LogP contribution in [0.15, 0.2) is 0 Å². The van der Waals surface area contributed by atoms with Crippen molar-refractivity contribution in [2.75, 3.05) is 47.3 Å². The monoisotopic (exact) mass is 384 g/mol. The quantitative estimate of drug-likeness (QED) is 0.399. The standard InChI is InChI=1S/C12H27NO3S.C5H11NO2/c1-4-7-10-13(11-8-5-2,12-9-6-3)17(14,15)16;1-6(2,3)4-5(7)8/h4-12H2,1-3H3;4H2,1-3H3/p+2. The molecule has 0 aliphatic rings. The van der Waals surface area contributed by atoms with Gasteiger partial charge in [0.2, 0.25) is 0 Å². The van der Waals surface area contributed by atoms with Crippen LogP contribution in [0.2, 0.25) is 0 Å². The molecule has 0 unspecified atom stereocenters. The fourth-order valence-corrected chi connectivity index (χ4v) is 3.51. The first-order valence-corrected chi connectivity index (χ1v) is 10.6. The Morgan fingerprint density at radius 3 is 1.28 bits per heavy atom. The average molecular weight is 385 g/mol. The number of carbonyl (C=O) groups is 1. The van der Waals surface area contributed by atoms with Crippen molar-refractivity contribution in [1.82, 2.24) is 0 Å². The molecule has 0 aliphatic heterocycles. The molecule has 0 saturated carbocycles. The molecule has 2 N–H and O–H groups in total. The summed E-state index contributed by atoms with van der Waals surface area (Å²) in [7, 11) is 1.52. The Balaban J connectivity index is 0. The van der Waals surface area contributed by atoms with E-state index >= 15 is 0 Å². The number of aliphatic carboxylic acids is 1. The summed E-state index contributed by atoms with van der Waals surface area (Å²) in [6, 6.07) is 0. The molecule has 0 atom stereocenters. The van der Waals surface area contributed by atoms with Gasteiger partial charge in [-0.05, 0) is 19.3 Å². The summed E-state index contributed by atoms with van der Waals surface area (Å²) in [5.74, 6) is -0.752. The molecule has 0 aromatic heterocycles. The molecule has 25 heavy (non-hydrogen) atoms. The van der Waals surface area contributed by atoms with Gasteiger partial charge in [-0.25, -0.2) is 9.35 Å². The molecule has 0 heterocycles. The third-order valence-corrected chi connectivity index (χ3v) is 5.38. The number of carboxylic acid groups (broad SMARTS) is 1. The minimum absolute atomic E-state index is 0.136. The van der Waals surface area contributed by atoms with Crippen LogP contribution in [0.4, 0.5) is 0 Å². The number of likely N-dealkylation sites (N-methyl/N-ethyl adjacent to an activating group) is 1. The lowest BCUT2D eigenvalue weighted by molar-refractivity contribution is -0.862. The molecule has 0 aromatic rings. The first-order chi connectivity index (χ1) is 11.3. The van der Waals surface area contributed by atoms with Crippen molar-refractivity contribution in [3.05, 3.63) is 0 Å². The lowest BCUT2D eigenvalue weighted by Gasteiger charge is -2.34. The summed E-state index contributed by atoms with van der Waals surface area (Å²) in [5, 5.41) is 8.23. The highest BCUT2D eigenvalue weighted by Gasteiger charge is 2.38. The van der Waals surface area contributed by atoms with E-state index in [0.717, 1.165) is 38.5 Å². The second kappa shape index (κ2) is 12.6. The van der Waals surface area contributed by atoms with E-state index in [1.807, 2.05) is 41.9 Å². The van der Waals surface area contributed by atoms with E-state index in [1.165, 1.54) is 0 Å². The number of nitrogens with zero attached hydrogens (tertiary/aromatic N) is 2. The van der Waals surface area contributed by atoms with E-state index in [2.05, 4.69) is 0 Å². The highest BCUT2D eigenvalue weighted by molar-refractivity contribution is 7.80. The number of carboxylic acids is 1. The van der Waals surface area contributed by atoms with Crippen LogP contribution in [0.1, 0.15) is 59.3 Å². The molecule has 0 spiro atoms. The molecule has 0 amide bonds. The highest BCUT2D eigenvalue weighted by atomic mass is 32.2. The van der Waals surface area contributed by atoms with Crippen LogP contribution in [0.3, 0.4) is 0 Å². The Morgan fingerprint density at radius 1 is 0.840 bits per heavy atom. The number of rotatable bonds is 12. The van der Waals surface area contributed by atoms with E-state index in [0.29, 0.717) is 24.1 Å². The zero-order chi connectivity index (χ0) is 20.1. The summed E-state index contributed by atoms with van der Waals surface area (Å²) >= 11 is 0. The van der Waals surface area contributed by atoms with Gasteiger partial charge in [-0.3, -0.25) is 0 Å². The normalized spacial score (nSPS) is 12.4. The molecule has 8 heteroatoms. The van der Waals surface area contributed by atoms with Crippen LogP contribution in [-0.2, 0) is 15.1 Å². The van der Waals surface area contributed by atoms with Crippen LogP contribution >= 0.6 is 0 Å². The van der Waals surface area contributed by atoms with Crippen molar-refractivity contribution < 1.29 is 31.2 Å². The lowest BCUT2D eigenvalue weighted by Crippen LogP contribution is -2.54. The smallest absolute Gasteiger partial charge is 0.432 e. The molecule has 7 nitrogen and oxygen atoms in total. The maximum Gasteiger partial charge on any atom is 0.432 e. The minimum Gasteiger partial charge on any atom is -0.477 e. The van der Waals surface area contributed by atoms with Gasteiger partial charge in [0.15, 0.2) is 6.54 Å². The third kappa shape index (κ3) is 13.2. The first kappa shape index (κ1) is 26.5. The van der Waals surface area contributed by atoms with Gasteiger partial charge in [0.1, 0.15) is 0 Å². The highest BCUT2D eigenvalue weighted by Crippen LogP contribution is 2.19. The van der Waals surface area contributed by atoms with Gasteiger partial charge < -0.3 is 9.59 Å². The van der Waals surface area contributed by atoms with Gasteiger partial charge in [0.05, 0.1) is 40.8 Å². The van der Waals surface area contributed by atoms with Gasteiger partial charge in [0.25, 0.3) is 0 Å². The number of quaternary nitrogens is 2. The molecular formula is C17H40N2O5S+2. The number of hydrogen-bond acceptors (Lipinski definition) is 3. The van der Waals surface area contributed by atoms with E-state index in [-0.39, 0.29) is 10.4 Å². The van der Waals surface area contributed by atoms with Crippen molar-refractivity contribution in [1.29, 1.82) is 0 Å². The SMILES string of the molecule is CCCC[N+](CCCC)(CCCC)S(=O)(=O)O.C[N+](C)(C)CC(=O)O. The van der Waals surface area contributed by atoms with Crippen molar-refractivity contribution in [3.8, 4) is 0 Å². The molecule has 152 valence electrons. The second-order valence-corrected chi connectivity index (χ2v) is 9.25. The summed E-state index contributed by atoms with van der Waals surface area (Å²) in [6.07, 6.45) is 5.38. The Kier molecular flexibility index (Phi) is 13.4. The maximum atomic E-state index is 11.7. The molecule has 0 saturated heterocycles. The van der Waals surface area contributed by atoms with Gasteiger partial charge in [-0.2, -0.15) is 3.89 Å². The fraction of sp³-hybridized carbons (Fsp3) is 0.941. The first-order valence-electron chi connectivity index (χ1n) is 9.21. The van der Waals surface area contributed by atoms with Gasteiger partial charge in [-0.1, -0.05) is 40.0 Å². The topological polar surface area (TPSA) is 91.7 Å². The van der Waals surface area contributed by atoms with Crippen LogP contribution in [0, 0.1) is 0 Å². The molecule has 0 fully saturated rings. The van der Waals surface area contributed by atoms with Crippen LogP contribution in [-0.4, -0.2) is 79.7 Å². The molecule has 0 bridgehead atoms. The van der Waals surface area contributed by atoms with E-state index < -0.39 is 16.3 Å². The predicted molar refractivity (Wildman–Crippen MR) is 102 cm³/mol. The van der Waals surface area contributed by atoms with Crippen molar-refractivity contribution >= 4 is 16.3 Å². The summed E-state index contributed by atoms with van der Waals surface area (Å²) < 4.78 is 33.3. The largest absolute Gasteiger partial charge is 0.477 e. The van der Waals surface area contributed by atoms with Crippen LogP contribution < -0.4 is 0 Å². The minimum atomic E-state index is -4.01. The Bertz CT molecular complexity index is 436. The summed E-state index contributed by atoms with van der Waals surface area (Å²) in [5.41, 5.74) is 0. The van der Waals surface area contributed by atoms with Crippen LogP contribution in [0.5, 0.6) is 0 Å². The molecule has 0 rings (SSSR count). The molecular weight excluding hydrogens is 344 g/mol. The third-order valence-electron chi connectivity index (χ3n) is 3.86. The second-order valence-electron chi connectivity index (χ2n) is 7.58. The van der Waals surface area contributed by atoms with Gasteiger partial charge in [0, 0.05) is 0 Å². The lowest BCUT2D eigenvalue weighted by atomic mass is 10.2. The fourth-order valence-electron chi connectivity index (χ4n) is 2.43. The predicted octanol–water partition coefficient (Wildman–Crippen LogP) is 2.78. The molecule has 0 radical (unpaired) electrons. The van der Waals surface area contributed by atoms with Crippen molar-refractivity contribution in [2.45, 2.75) is 59.3 Å². The zero-order valence-electron chi connectivity index (χ0n) is 17.0. The maximum absolute atomic E-state index is 11.7. The number of hydrogen-bond donors (Lipinski definition) is 2. The van der Waals surface area contributed by atoms with Crippen molar-refractivity contribution in [3.63, 3.8) is 0 Å². The Labute approximate surface area is 154 Å². The summed E-state index contributed by atoms with van der Waals surface area (Å²) in [6.45, 7) is 7.91. The van der Waals surface area contributed by atoms with Gasteiger partial charge >= 0.3 is 16.3 Å². The number of unbranched alkanes of at least 4 members (excludes halogenated alkanes) is 3. The molecule has 0 aliphatic carbocycles. The zero-order valence-corrected chi connectivity index (χ0v) is 17.8. The molecule has 0 aromatic carbocycles. The van der Waals surface area contributed by atoms with Gasteiger partial charge in [-0.15, -0.1) is 8.42 Å². The Morgan fingerprint density at radius 2 is 1.16 bits per heavy atom. The average Bonchev–Trinajstić information content (AvgIpc) is 2.43. The van der Waals surface area contributed by atoms with E-state index in [4.69, 9.17) is 5.11 Å². The van der Waals surface area contributed by atoms with Crippen molar-refractivity contribution in [2.24, 2.45) is 0 Å². The van der Waals surface area contributed by atoms with E-state index in [9.17, 15) is 17.8 Å². The van der Waals surface area contributed by atoms with E-state index in [1.54, 1.807) is 0 Å². The summed E-state index contributed by atoms with van der Waals surface area (Å²) in [4.78, 5) is 10.00.